The number of fused-ring (bicyclic) bond motifs is 1. The minimum Gasteiger partial charge on any atom is -0.381 e. The molecule has 2 aliphatic heterocycles. The summed E-state index contributed by atoms with van der Waals surface area (Å²) in [6, 6.07) is 0.252. The first-order chi connectivity index (χ1) is 9.81. The highest BCUT2D eigenvalue weighted by Gasteiger charge is 2.45. The van der Waals surface area contributed by atoms with Gasteiger partial charge in [0.15, 0.2) is 0 Å². The smallest absolute Gasteiger partial charge is 0.228 e. The highest BCUT2D eigenvalue weighted by Crippen LogP contribution is 2.36. The van der Waals surface area contributed by atoms with Crippen molar-refractivity contribution in [3.05, 3.63) is 0 Å². The first-order valence-electron chi connectivity index (χ1n) is 7.88. The van der Waals surface area contributed by atoms with E-state index in [-0.39, 0.29) is 24.0 Å². The fraction of sp³-hybridized carbons (Fsp3) is 0.933. The Morgan fingerprint density at radius 2 is 2.20 bits per heavy atom. The van der Waals surface area contributed by atoms with Crippen LogP contribution in [0.1, 0.15) is 26.2 Å². The standard InChI is InChI=1S/C15H25NO4/c1-2-18-9-11-3-4-13-14(11)20-8-6-16(13)15(17)12-5-7-19-10-12/h11-14H,2-10H2,1H3. The van der Waals surface area contributed by atoms with E-state index in [0.29, 0.717) is 19.1 Å². The van der Waals surface area contributed by atoms with Crippen molar-refractivity contribution in [2.24, 2.45) is 11.8 Å². The quantitative estimate of drug-likeness (QED) is 0.774. The zero-order chi connectivity index (χ0) is 13.9. The number of ether oxygens (including phenoxy) is 3. The van der Waals surface area contributed by atoms with E-state index in [1.54, 1.807) is 0 Å². The Labute approximate surface area is 120 Å². The number of carbonyl (C=O) groups excluding carboxylic acids is 1. The van der Waals surface area contributed by atoms with E-state index in [9.17, 15) is 4.79 Å². The van der Waals surface area contributed by atoms with Gasteiger partial charge >= 0.3 is 0 Å². The lowest BCUT2D eigenvalue weighted by molar-refractivity contribution is -0.151. The van der Waals surface area contributed by atoms with Gasteiger partial charge in [-0.15, -0.1) is 0 Å². The molecule has 0 N–H and O–H groups in total. The van der Waals surface area contributed by atoms with Gasteiger partial charge in [-0.2, -0.15) is 0 Å². The molecule has 5 nitrogen and oxygen atoms in total. The minimum atomic E-state index is 0.0692. The van der Waals surface area contributed by atoms with Crippen molar-refractivity contribution in [3.63, 3.8) is 0 Å². The fourth-order valence-corrected chi connectivity index (χ4v) is 3.75. The van der Waals surface area contributed by atoms with E-state index in [2.05, 4.69) is 4.90 Å². The van der Waals surface area contributed by atoms with Crippen LogP contribution in [-0.2, 0) is 19.0 Å². The summed E-state index contributed by atoms with van der Waals surface area (Å²) < 4.78 is 16.9. The van der Waals surface area contributed by atoms with Crippen LogP contribution >= 0.6 is 0 Å². The zero-order valence-electron chi connectivity index (χ0n) is 12.3. The Balaban J connectivity index is 1.63. The molecule has 2 heterocycles. The van der Waals surface area contributed by atoms with E-state index in [1.807, 2.05) is 6.92 Å². The maximum Gasteiger partial charge on any atom is 0.228 e. The van der Waals surface area contributed by atoms with Gasteiger partial charge in [-0.3, -0.25) is 4.79 Å². The summed E-state index contributed by atoms with van der Waals surface area (Å²) in [6.45, 7) is 6.23. The normalized spacial score (nSPS) is 37.1. The molecule has 20 heavy (non-hydrogen) atoms. The summed E-state index contributed by atoms with van der Waals surface area (Å²) in [5.74, 6) is 0.785. The first-order valence-corrected chi connectivity index (χ1v) is 7.88. The minimum absolute atomic E-state index is 0.0692. The molecule has 0 aromatic heterocycles. The summed E-state index contributed by atoms with van der Waals surface area (Å²) in [5.41, 5.74) is 0. The molecule has 1 saturated carbocycles. The molecule has 3 fully saturated rings. The Morgan fingerprint density at radius 3 is 2.95 bits per heavy atom. The lowest BCUT2D eigenvalue weighted by Gasteiger charge is -2.40. The average Bonchev–Trinajstić information content (AvgIpc) is 3.13. The number of rotatable bonds is 4. The highest BCUT2D eigenvalue weighted by atomic mass is 16.5. The molecule has 0 spiro atoms. The van der Waals surface area contributed by atoms with Gasteiger partial charge in [-0.1, -0.05) is 0 Å². The highest BCUT2D eigenvalue weighted by molar-refractivity contribution is 5.79. The SMILES string of the molecule is CCOCC1CCC2C1OCCN2C(=O)C1CCOC1. The Bertz CT molecular complexity index is 343. The van der Waals surface area contributed by atoms with Gasteiger partial charge in [-0.25, -0.2) is 0 Å². The van der Waals surface area contributed by atoms with Crippen LogP contribution in [0.3, 0.4) is 0 Å². The number of amides is 1. The largest absolute Gasteiger partial charge is 0.381 e. The van der Waals surface area contributed by atoms with E-state index in [0.717, 1.165) is 45.6 Å². The molecular weight excluding hydrogens is 258 g/mol. The predicted molar refractivity (Wildman–Crippen MR) is 73.4 cm³/mol. The monoisotopic (exact) mass is 283 g/mol. The Kier molecular flexibility index (Phi) is 4.58. The molecule has 3 rings (SSSR count). The van der Waals surface area contributed by atoms with Crippen LogP contribution in [0.2, 0.25) is 0 Å². The van der Waals surface area contributed by atoms with Gasteiger partial charge in [0.25, 0.3) is 0 Å². The van der Waals surface area contributed by atoms with Gasteiger partial charge in [0.2, 0.25) is 5.91 Å². The maximum absolute atomic E-state index is 12.6. The number of morpholine rings is 1. The molecule has 2 saturated heterocycles. The summed E-state index contributed by atoms with van der Waals surface area (Å²) >= 11 is 0. The third-order valence-electron chi connectivity index (χ3n) is 4.82. The van der Waals surface area contributed by atoms with Crippen LogP contribution < -0.4 is 0 Å². The molecule has 114 valence electrons. The zero-order valence-corrected chi connectivity index (χ0v) is 12.3. The molecule has 4 unspecified atom stereocenters. The van der Waals surface area contributed by atoms with Crippen molar-refractivity contribution in [2.75, 3.05) is 39.6 Å². The Hall–Kier alpha value is -0.650. The molecule has 1 amide bonds. The van der Waals surface area contributed by atoms with Crippen molar-refractivity contribution in [3.8, 4) is 0 Å². The number of carbonyl (C=O) groups is 1. The van der Waals surface area contributed by atoms with Gasteiger partial charge in [0.05, 0.1) is 37.9 Å². The molecule has 4 atom stereocenters. The molecule has 0 aromatic rings. The molecule has 3 aliphatic rings. The summed E-state index contributed by atoms with van der Waals surface area (Å²) in [7, 11) is 0. The number of hydrogen-bond donors (Lipinski definition) is 0. The van der Waals surface area contributed by atoms with Gasteiger partial charge in [-0.05, 0) is 26.2 Å². The topological polar surface area (TPSA) is 48.0 Å². The van der Waals surface area contributed by atoms with Crippen molar-refractivity contribution < 1.29 is 19.0 Å². The van der Waals surface area contributed by atoms with E-state index in [4.69, 9.17) is 14.2 Å². The lowest BCUT2D eigenvalue weighted by atomic mass is 10.0. The molecule has 0 aromatic carbocycles. The van der Waals surface area contributed by atoms with E-state index >= 15 is 0 Å². The third-order valence-corrected chi connectivity index (χ3v) is 4.82. The average molecular weight is 283 g/mol. The second-order valence-corrected chi connectivity index (χ2v) is 5.99. The molecule has 5 heteroatoms. The van der Waals surface area contributed by atoms with Crippen LogP contribution in [0, 0.1) is 11.8 Å². The van der Waals surface area contributed by atoms with E-state index < -0.39 is 0 Å². The number of hydrogen-bond acceptors (Lipinski definition) is 4. The van der Waals surface area contributed by atoms with Crippen LogP contribution in [0.15, 0.2) is 0 Å². The number of nitrogens with zero attached hydrogens (tertiary/aromatic N) is 1. The molecule has 1 aliphatic carbocycles. The first kappa shape index (κ1) is 14.3. The van der Waals surface area contributed by atoms with Crippen LogP contribution in [0.4, 0.5) is 0 Å². The van der Waals surface area contributed by atoms with E-state index in [1.165, 1.54) is 0 Å². The Morgan fingerprint density at radius 1 is 1.30 bits per heavy atom. The van der Waals surface area contributed by atoms with Gasteiger partial charge in [0, 0.05) is 25.7 Å². The molecule has 0 radical (unpaired) electrons. The van der Waals surface area contributed by atoms with Crippen molar-refractivity contribution in [1.29, 1.82) is 0 Å². The summed E-state index contributed by atoms with van der Waals surface area (Å²) in [6.07, 6.45) is 3.18. The second kappa shape index (κ2) is 6.41. The molecular formula is C15H25NO4. The summed E-state index contributed by atoms with van der Waals surface area (Å²) in [5, 5.41) is 0. The van der Waals surface area contributed by atoms with Crippen LogP contribution in [0.5, 0.6) is 0 Å². The maximum atomic E-state index is 12.6. The lowest BCUT2D eigenvalue weighted by Crippen LogP contribution is -2.54. The fourth-order valence-electron chi connectivity index (χ4n) is 3.75. The van der Waals surface area contributed by atoms with Gasteiger partial charge < -0.3 is 19.1 Å². The van der Waals surface area contributed by atoms with Crippen LogP contribution in [0.25, 0.3) is 0 Å². The third kappa shape index (κ3) is 2.71. The summed E-state index contributed by atoms with van der Waals surface area (Å²) in [4.78, 5) is 14.7. The predicted octanol–water partition coefficient (Wildman–Crippen LogP) is 1.07. The second-order valence-electron chi connectivity index (χ2n) is 5.99. The van der Waals surface area contributed by atoms with Crippen molar-refractivity contribution >= 4 is 5.91 Å². The molecule has 0 bridgehead atoms. The van der Waals surface area contributed by atoms with Gasteiger partial charge in [0.1, 0.15) is 0 Å². The van der Waals surface area contributed by atoms with Crippen molar-refractivity contribution in [1.82, 2.24) is 4.90 Å². The van der Waals surface area contributed by atoms with Crippen LogP contribution in [-0.4, -0.2) is 62.5 Å². The van der Waals surface area contributed by atoms with Crippen molar-refractivity contribution in [2.45, 2.75) is 38.3 Å².